The van der Waals surface area contributed by atoms with Crippen LogP contribution in [-0.4, -0.2) is 113 Å². The van der Waals surface area contributed by atoms with E-state index in [9.17, 15) is 40.2 Å². The van der Waals surface area contributed by atoms with Crippen molar-refractivity contribution in [3.8, 4) is 0 Å². The van der Waals surface area contributed by atoms with Crippen molar-refractivity contribution in [1.29, 1.82) is 0 Å². The fourth-order valence-electron chi connectivity index (χ4n) is 4.49. The van der Waals surface area contributed by atoms with E-state index in [1.807, 2.05) is 0 Å². The van der Waals surface area contributed by atoms with E-state index in [0.29, 0.717) is 12.1 Å². The van der Waals surface area contributed by atoms with Crippen molar-refractivity contribution in [2.75, 3.05) is 33.4 Å². The summed E-state index contributed by atoms with van der Waals surface area (Å²) in [4.78, 5) is 24.8. The number of hydrogen-bond donors (Lipinski definition) is 7. The Morgan fingerprint density at radius 1 is 1.18 bits per heavy atom. The highest BCUT2D eigenvalue weighted by atomic mass is 16.8. The number of aliphatic hydroxyl groups excluding tert-OH is 5. The zero-order valence-corrected chi connectivity index (χ0v) is 20.8. The normalized spacial score (nSPS) is 35.5. The number of carboxylic acids is 1. The van der Waals surface area contributed by atoms with Crippen molar-refractivity contribution in [3.05, 3.63) is 60.1 Å². The van der Waals surface area contributed by atoms with Gasteiger partial charge in [-0.25, -0.2) is 9.59 Å². The predicted molar refractivity (Wildman–Crippen MR) is 128 cm³/mol. The van der Waals surface area contributed by atoms with Crippen LogP contribution in [0.3, 0.4) is 0 Å². The molecule has 13 heteroatoms. The van der Waals surface area contributed by atoms with Gasteiger partial charge in [0.25, 0.3) is 0 Å². The molecule has 3 rings (SSSR count). The summed E-state index contributed by atoms with van der Waals surface area (Å²) in [5.74, 6) is -3.28. The molecule has 0 radical (unpaired) electrons. The van der Waals surface area contributed by atoms with Gasteiger partial charge in [-0.2, -0.15) is 0 Å². The predicted octanol–water partition coefficient (Wildman–Crippen LogP) is -3.02. The highest BCUT2D eigenvalue weighted by Gasteiger charge is 2.47. The summed E-state index contributed by atoms with van der Waals surface area (Å²) in [6.07, 6.45) is 0.309. The fourth-order valence-corrected chi connectivity index (χ4v) is 4.49. The number of rotatable bonds is 10. The first-order chi connectivity index (χ1) is 18.1. The molecule has 3 aliphatic rings. The van der Waals surface area contributed by atoms with Gasteiger partial charge in [0.2, 0.25) is 6.29 Å². The Hall–Kier alpha value is -2.88. The average Bonchev–Trinajstić information content (AvgIpc) is 2.91. The second kappa shape index (κ2) is 13.3. The quantitative estimate of drug-likeness (QED) is 0.110. The third-order valence-corrected chi connectivity index (χ3v) is 6.56. The summed E-state index contributed by atoms with van der Waals surface area (Å²) in [6.45, 7) is 3.52. The van der Waals surface area contributed by atoms with Crippen molar-refractivity contribution < 1.29 is 64.1 Å². The van der Waals surface area contributed by atoms with Gasteiger partial charge in [-0.3, -0.25) is 0 Å². The van der Waals surface area contributed by atoms with E-state index >= 15 is 0 Å². The lowest BCUT2D eigenvalue weighted by molar-refractivity contribution is -0.842. The topological polar surface area (TPSA) is 197 Å². The van der Waals surface area contributed by atoms with E-state index in [1.54, 1.807) is 18.4 Å². The van der Waals surface area contributed by atoms with Crippen LogP contribution in [0.5, 0.6) is 0 Å². The first-order valence-corrected chi connectivity index (χ1v) is 12.0. The van der Waals surface area contributed by atoms with Crippen LogP contribution in [0.2, 0.25) is 0 Å². The molecule has 7 N–H and O–H groups in total. The van der Waals surface area contributed by atoms with Crippen LogP contribution in [0.15, 0.2) is 60.1 Å². The first kappa shape index (κ1) is 29.7. The third kappa shape index (κ3) is 6.57. The number of esters is 1. The van der Waals surface area contributed by atoms with Gasteiger partial charge >= 0.3 is 11.9 Å². The van der Waals surface area contributed by atoms with E-state index in [2.05, 4.69) is 6.58 Å². The number of ether oxygens (including phenoxy) is 4. The Kier molecular flexibility index (Phi) is 10.4. The molecule has 3 aliphatic heterocycles. The average molecular weight is 541 g/mol. The molecule has 38 heavy (non-hydrogen) atoms. The van der Waals surface area contributed by atoms with E-state index in [-0.39, 0.29) is 24.3 Å². The van der Waals surface area contributed by atoms with Crippen LogP contribution in [0.25, 0.3) is 0 Å². The molecular formula is C25H34NO12+. The fraction of sp³-hybridized carbons (Fsp3) is 0.520. The zero-order valence-electron chi connectivity index (χ0n) is 20.8. The molecule has 1 fully saturated rings. The monoisotopic (exact) mass is 540 g/mol. The second-order valence-corrected chi connectivity index (χ2v) is 9.03. The van der Waals surface area contributed by atoms with Gasteiger partial charge in [0.1, 0.15) is 43.7 Å². The Bertz CT molecular complexity index is 1000. The van der Waals surface area contributed by atoms with Gasteiger partial charge in [0.05, 0.1) is 43.6 Å². The minimum atomic E-state index is -1.67. The number of aliphatic carboxylic acids is 1. The molecule has 0 amide bonds. The summed E-state index contributed by atoms with van der Waals surface area (Å²) >= 11 is 0. The molecule has 0 spiro atoms. The van der Waals surface area contributed by atoms with E-state index in [0.717, 1.165) is 11.2 Å². The smallest absolute Gasteiger partial charge is 0.337 e. The maximum Gasteiger partial charge on any atom is 0.337 e. The molecule has 3 heterocycles. The molecule has 0 aromatic rings. The molecule has 0 aromatic carbocycles. The van der Waals surface area contributed by atoms with Crippen molar-refractivity contribution in [1.82, 2.24) is 0 Å². The largest absolute Gasteiger partial charge is 0.478 e. The molecule has 1 saturated heterocycles. The Labute approximate surface area is 218 Å². The summed E-state index contributed by atoms with van der Waals surface area (Å²) in [7, 11) is 1.20. The highest BCUT2D eigenvalue weighted by Crippen LogP contribution is 2.36. The second-order valence-electron chi connectivity index (χ2n) is 9.03. The van der Waals surface area contributed by atoms with E-state index < -0.39 is 67.4 Å². The van der Waals surface area contributed by atoms with Crippen LogP contribution in [0, 0.1) is 11.8 Å². The number of carbonyl (C=O) groups excluding carboxylic acids is 1. The lowest BCUT2D eigenvalue weighted by Gasteiger charge is -2.42. The first-order valence-electron chi connectivity index (χ1n) is 12.0. The molecule has 0 bridgehead atoms. The van der Waals surface area contributed by atoms with Gasteiger partial charge < -0.3 is 54.5 Å². The van der Waals surface area contributed by atoms with E-state index in [4.69, 9.17) is 18.9 Å². The van der Waals surface area contributed by atoms with Gasteiger partial charge in [-0.1, -0.05) is 18.2 Å². The summed E-state index contributed by atoms with van der Waals surface area (Å²) < 4.78 is 21.6. The number of carboxylic acid groups (broad SMARTS) is 1. The van der Waals surface area contributed by atoms with Crippen molar-refractivity contribution in [2.45, 2.75) is 37.0 Å². The van der Waals surface area contributed by atoms with Crippen LogP contribution in [-0.2, 0) is 28.5 Å². The number of methoxy groups -OCH3 is 1. The van der Waals surface area contributed by atoms with E-state index in [1.165, 1.54) is 19.3 Å². The third-order valence-electron chi connectivity index (χ3n) is 6.56. The Balaban J connectivity index is 1.90. The minimum absolute atomic E-state index is 0.112. The Morgan fingerprint density at radius 3 is 2.53 bits per heavy atom. The number of allylic oxidation sites excluding steroid dienone is 4. The minimum Gasteiger partial charge on any atom is -0.478 e. The van der Waals surface area contributed by atoms with Crippen LogP contribution >= 0.6 is 0 Å². The number of hydrogen-bond acceptors (Lipinski definition) is 11. The van der Waals surface area contributed by atoms with Gasteiger partial charge in [-0.05, 0) is 6.08 Å². The van der Waals surface area contributed by atoms with Gasteiger partial charge in [0.15, 0.2) is 6.29 Å². The molecule has 13 nitrogen and oxygen atoms in total. The lowest BCUT2D eigenvalue weighted by Crippen LogP contribution is -3.09. The van der Waals surface area contributed by atoms with Crippen molar-refractivity contribution in [2.24, 2.45) is 11.8 Å². The SMILES string of the molecule is C=CC1C(OC2OC(CO)C(O)C(O)C2O)OC=C(C(=O)OC)C1C=CC1=C[NH+](CCO)CC(C(=O)O)=C1. The maximum absolute atomic E-state index is 12.5. The van der Waals surface area contributed by atoms with Crippen LogP contribution in [0.4, 0.5) is 0 Å². The summed E-state index contributed by atoms with van der Waals surface area (Å²) in [5, 5.41) is 58.7. The molecule has 0 aliphatic carbocycles. The maximum atomic E-state index is 12.5. The van der Waals surface area contributed by atoms with Crippen LogP contribution in [0.1, 0.15) is 0 Å². The molecule has 9 unspecified atom stereocenters. The lowest BCUT2D eigenvalue weighted by atomic mass is 9.83. The van der Waals surface area contributed by atoms with Crippen molar-refractivity contribution in [3.63, 3.8) is 0 Å². The molecular weight excluding hydrogens is 506 g/mol. The standard InChI is InChI=1S/C25H33NO12/c1-3-15-16(5-4-13-8-14(22(32)33)10-26(9-13)6-7-27)17(23(34)35-2)12-36-24(15)38-25-21(31)20(30)19(29)18(11-28)37-25/h3-5,8-9,12,15-16,18-21,24-25,27-31H,1,6-7,10-11H2,2H3,(H,32,33)/p+1. The van der Waals surface area contributed by atoms with Gasteiger partial charge in [0, 0.05) is 11.5 Å². The molecule has 210 valence electrons. The van der Waals surface area contributed by atoms with Crippen molar-refractivity contribution >= 4 is 11.9 Å². The molecule has 0 saturated carbocycles. The Morgan fingerprint density at radius 2 is 1.92 bits per heavy atom. The van der Waals surface area contributed by atoms with Gasteiger partial charge in [-0.15, -0.1) is 6.58 Å². The highest BCUT2D eigenvalue weighted by molar-refractivity contribution is 5.89. The number of nitrogens with one attached hydrogen (secondary N) is 1. The number of quaternary nitrogens is 1. The summed E-state index contributed by atoms with van der Waals surface area (Å²) in [5.41, 5.74) is 0.790. The van der Waals surface area contributed by atoms with Crippen LogP contribution < -0.4 is 4.90 Å². The number of aliphatic hydroxyl groups is 5. The number of carbonyl (C=O) groups is 2. The summed E-state index contributed by atoms with van der Waals surface area (Å²) in [6, 6.07) is 0. The molecule has 9 atom stereocenters. The zero-order chi connectivity index (χ0) is 28.0. The molecule has 0 aromatic heterocycles.